The van der Waals surface area contributed by atoms with Crippen LogP contribution in [-0.4, -0.2) is 29.6 Å². The summed E-state index contributed by atoms with van der Waals surface area (Å²) in [5.41, 5.74) is 8.66. The lowest BCUT2D eigenvalue weighted by Gasteiger charge is -2.26. The third-order valence-electron chi connectivity index (χ3n) is 3.50. The zero-order valence-corrected chi connectivity index (χ0v) is 9.98. The van der Waals surface area contributed by atoms with Crippen molar-refractivity contribution in [1.29, 1.82) is 0 Å². The molecule has 0 saturated carbocycles. The van der Waals surface area contributed by atoms with E-state index >= 15 is 0 Å². The van der Waals surface area contributed by atoms with Crippen molar-refractivity contribution in [1.82, 2.24) is 4.90 Å². The van der Waals surface area contributed by atoms with Crippen molar-refractivity contribution < 1.29 is 5.11 Å². The first kappa shape index (κ1) is 11.4. The summed E-state index contributed by atoms with van der Waals surface area (Å²) < 4.78 is 0. The SMILES string of the molecule is Cc1ccc(C(O)C2CCCN2C)c(N)c1. The van der Waals surface area contributed by atoms with Crippen LogP contribution in [0.4, 0.5) is 5.69 Å². The Balaban J connectivity index is 2.23. The highest BCUT2D eigenvalue weighted by atomic mass is 16.3. The molecule has 88 valence electrons. The van der Waals surface area contributed by atoms with Gasteiger partial charge in [-0.25, -0.2) is 0 Å². The van der Waals surface area contributed by atoms with Crippen molar-refractivity contribution in [3.63, 3.8) is 0 Å². The van der Waals surface area contributed by atoms with E-state index < -0.39 is 6.10 Å². The van der Waals surface area contributed by atoms with Crippen LogP contribution in [0.5, 0.6) is 0 Å². The van der Waals surface area contributed by atoms with Gasteiger partial charge in [0.1, 0.15) is 0 Å². The normalized spacial score (nSPS) is 23.6. The van der Waals surface area contributed by atoms with Crippen molar-refractivity contribution in [3.8, 4) is 0 Å². The molecule has 0 bridgehead atoms. The molecule has 1 saturated heterocycles. The van der Waals surface area contributed by atoms with Crippen molar-refractivity contribution in [2.45, 2.75) is 31.9 Å². The van der Waals surface area contributed by atoms with Gasteiger partial charge in [-0.05, 0) is 45.0 Å². The quantitative estimate of drug-likeness (QED) is 0.746. The molecular formula is C13H20N2O. The Kier molecular flexibility index (Phi) is 3.17. The van der Waals surface area contributed by atoms with Gasteiger partial charge in [0.2, 0.25) is 0 Å². The summed E-state index contributed by atoms with van der Waals surface area (Å²) in [6, 6.07) is 6.09. The van der Waals surface area contributed by atoms with Gasteiger partial charge < -0.3 is 15.7 Å². The summed E-state index contributed by atoms with van der Waals surface area (Å²) in [4.78, 5) is 2.21. The lowest BCUT2D eigenvalue weighted by atomic mass is 9.98. The van der Waals surface area contributed by atoms with E-state index in [2.05, 4.69) is 11.9 Å². The molecule has 2 unspecified atom stereocenters. The van der Waals surface area contributed by atoms with Crippen LogP contribution in [0.25, 0.3) is 0 Å². The molecule has 1 heterocycles. The van der Waals surface area contributed by atoms with E-state index in [4.69, 9.17) is 5.73 Å². The van der Waals surface area contributed by atoms with Crippen LogP contribution in [0.15, 0.2) is 18.2 Å². The molecule has 3 heteroatoms. The van der Waals surface area contributed by atoms with Crippen LogP contribution in [0, 0.1) is 6.92 Å². The van der Waals surface area contributed by atoms with E-state index in [-0.39, 0.29) is 6.04 Å². The molecular weight excluding hydrogens is 200 g/mol. The first-order chi connectivity index (χ1) is 7.59. The second-order valence-electron chi connectivity index (χ2n) is 4.77. The van der Waals surface area contributed by atoms with Crippen LogP contribution in [0.1, 0.15) is 30.1 Å². The fourth-order valence-electron chi connectivity index (χ4n) is 2.51. The van der Waals surface area contributed by atoms with Crippen LogP contribution in [0.2, 0.25) is 0 Å². The molecule has 0 amide bonds. The number of likely N-dealkylation sites (N-methyl/N-ethyl adjacent to an activating group) is 1. The molecule has 1 aliphatic rings. The van der Waals surface area contributed by atoms with E-state index in [0.29, 0.717) is 5.69 Å². The Morgan fingerprint density at radius 3 is 2.81 bits per heavy atom. The van der Waals surface area contributed by atoms with E-state index in [1.54, 1.807) is 0 Å². The van der Waals surface area contributed by atoms with E-state index in [9.17, 15) is 5.11 Å². The number of nitrogen functional groups attached to an aromatic ring is 1. The van der Waals surface area contributed by atoms with Crippen LogP contribution in [-0.2, 0) is 0 Å². The number of nitrogens with two attached hydrogens (primary N) is 1. The molecule has 1 aliphatic heterocycles. The van der Waals surface area contributed by atoms with Gasteiger partial charge in [-0.2, -0.15) is 0 Å². The molecule has 0 spiro atoms. The zero-order chi connectivity index (χ0) is 11.7. The highest BCUT2D eigenvalue weighted by Crippen LogP contribution is 2.31. The number of benzene rings is 1. The number of hydrogen-bond acceptors (Lipinski definition) is 3. The highest BCUT2D eigenvalue weighted by molar-refractivity contribution is 5.50. The Bertz CT molecular complexity index is 378. The van der Waals surface area contributed by atoms with Crippen molar-refractivity contribution >= 4 is 5.69 Å². The predicted molar refractivity (Wildman–Crippen MR) is 66.2 cm³/mol. The third-order valence-corrected chi connectivity index (χ3v) is 3.50. The Labute approximate surface area is 96.9 Å². The second-order valence-corrected chi connectivity index (χ2v) is 4.77. The van der Waals surface area contributed by atoms with Gasteiger partial charge in [0.15, 0.2) is 0 Å². The number of hydrogen-bond donors (Lipinski definition) is 2. The van der Waals surface area contributed by atoms with Gasteiger partial charge in [-0.3, -0.25) is 0 Å². The summed E-state index contributed by atoms with van der Waals surface area (Å²) in [6.45, 7) is 3.07. The number of anilines is 1. The van der Waals surface area contributed by atoms with Gasteiger partial charge in [0.25, 0.3) is 0 Å². The summed E-state index contributed by atoms with van der Waals surface area (Å²) >= 11 is 0. The lowest BCUT2D eigenvalue weighted by Crippen LogP contribution is -2.31. The minimum Gasteiger partial charge on any atom is -0.398 e. The van der Waals surface area contributed by atoms with Crippen LogP contribution >= 0.6 is 0 Å². The molecule has 0 aliphatic carbocycles. The molecule has 0 radical (unpaired) electrons. The fraction of sp³-hybridized carbons (Fsp3) is 0.538. The highest BCUT2D eigenvalue weighted by Gasteiger charge is 2.29. The van der Waals surface area contributed by atoms with Gasteiger partial charge in [-0.1, -0.05) is 12.1 Å². The largest absolute Gasteiger partial charge is 0.398 e. The number of rotatable bonds is 2. The average molecular weight is 220 g/mol. The van der Waals surface area contributed by atoms with Gasteiger partial charge in [0, 0.05) is 17.3 Å². The summed E-state index contributed by atoms with van der Waals surface area (Å²) in [7, 11) is 2.06. The third kappa shape index (κ3) is 2.06. The van der Waals surface area contributed by atoms with Gasteiger partial charge >= 0.3 is 0 Å². The Morgan fingerprint density at radius 1 is 1.50 bits per heavy atom. The summed E-state index contributed by atoms with van der Waals surface area (Å²) in [5, 5.41) is 10.3. The van der Waals surface area contributed by atoms with E-state index in [1.807, 2.05) is 25.1 Å². The average Bonchev–Trinajstić information content (AvgIpc) is 2.63. The molecule has 3 N–H and O–H groups in total. The molecule has 1 aromatic rings. The Hall–Kier alpha value is -1.06. The summed E-state index contributed by atoms with van der Waals surface area (Å²) in [6.07, 6.45) is 1.74. The van der Waals surface area contributed by atoms with Crippen molar-refractivity contribution in [3.05, 3.63) is 29.3 Å². The maximum atomic E-state index is 10.3. The molecule has 2 rings (SSSR count). The van der Waals surface area contributed by atoms with Gasteiger partial charge in [0.05, 0.1) is 6.10 Å². The van der Waals surface area contributed by atoms with Crippen molar-refractivity contribution in [2.75, 3.05) is 19.3 Å². The minimum atomic E-state index is -0.465. The number of aliphatic hydroxyl groups excluding tert-OH is 1. The smallest absolute Gasteiger partial charge is 0.0964 e. The summed E-state index contributed by atoms with van der Waals surface area (Å²) in [5.74, 6) is 0. The number of aryl methyl sites for hydroxylation is 1. The number of nitrogens with zero attached hydrogens (tertiary/aromatic N) is 1. The van der Waals surface area contributed by atoms with Gasteiger partial charge in [-0.15, -0.1) is 0 Å². The number of likely N-dealkylation sites (tertiary alicyclic amines) is 1. The monoisotopic (exact) mass is 220 g/mol. The minimum absolute atomic E-state index is 0.213. The molecule has 3 nitrogen and oxygen atoms in total. The molecule has 0 aromatic heterocycles. The van der Waals surface area contributed by atoms with E-state index in [0.717, 1.165) is 30.5 Å². The second kappa shape index (κ2) is 4.44. The first-order valence-corrected chi connectivity index (χ1v) is 5.84. The van der Waals surface area contributed by atoms with Crippen LogP contribution in [0.3, 0.4) is 0 Å². The maximum Gasteiger partial charge on any atom is 0.0964 e. The number of aliphatic hydroxyl groups is 1. The van der Waals surface area contributed by atoms with E-state index in [1.165, 1.54) is 0 Å². The topological polar surface area (TPSA) is 49.5 Å². The lowest BCUT2D eigenvalue weighted by molar-refractivity contribution is 0.0863. The Morgan fingerprint density at radius 2 is 2.25 bits per heavy atom. The van der Waals surface area contributed by atoms with Crippen molar-refractivity contribution in [2.24, 2.45) is 0 Å². The fourth-order valence-corrected chi connectivity index (χ4v) is 2.51. The predicted octanol–water partition coefficient (Wildman–Crippen LogP) is 1.70. The first-order valence-electron chi connectivity index (χ1n) is 5.84. The molecule has 1 fully saturated rings. The molecule has 1 aromatic carbocycles. The molecule has 16 heavy (non-hydrogen) atoms. The standard InChI is InChI=1S/C13H20N2O/c1-9-5-6-10(11(14)8-9)13(16)12-4-3-7-15(12)2/h5-6,8,12-13,16H,3-4,7,14H2,1-2H3. The van der Waals surface area contributed by atoms with Crippen LogP contribution < -0.4 is 5.73 Å². The molecule has 2 atom stereocenters. The zero-order valence-electron chi connectivity index (χ0n) is 9.98. The maximum absolute atomic E-state index is 10.3.